The minimum absolute atomic E-state index is 0.191. The molecule has 0 atom stereocenters. The second-order valence-electron chi connectivity index (χ2n) is 5.17. The fourth-order valence-electron chi connectivity index (χ4n) is 2.44. The molecule has 0 spiro atoms. The first-order valence-corrected chi connectivity index (χ1v) is 6.67. The summed E-state index contributed by atoms with van der Waals surface area (Å²) in [5, 5.41) is 13.5. The number of rotatable bonds is 4. The van der Waals surface area contributed by atoms with Crippen LogP contribution in [0.2, 0.25) is 0 Å². The fraction of sp³-hybridized carbons (Fsp3) is 0.333. The average molecular weight is 290 g/mol. The number of nitrogens with zero attached hydrogens (tertiary/aromatic N) is 2. The maximum absolute atomic E-state index is 14.6. The number of aromatic nitrogens is 2. The lowest BCUT2D eigenvalue weighted by atomic mass is 10.1. The lowest BCUT2D eigenvalue weighted by Gasteiger charge is -2.10. The number of carbonyl (C=O) groups is 1. The summed E-state index contributed by atoms with van der Waals surface area (Å²) in [6.07, 6.45) is 2.22. The van der Waals surface area contributed by atoms with E-state index in [1.807, 2.05) is 6.07 Å². The highest BCUT2D eigenvalue weighted by Crippen LogP contribution is 2.41. The lowest BCUT2D eigenvalue weighted by molar-refractivity contribution is 0.0692. The summed E-state index contributed by atoms with van der Waals surface area (Å²) in [7, 11) is 3.01. The highest BCUT2D eigenvalue weighted by molar-refractivity contribution is 5.92. The molecule has 0 aliphatic heterocycles. The minimum atomic E-state index is -1.22. The molecular weight excluding hydrogens is 275 g/mol. The van der Waals surface area contributed by atoms with Crippen molar-refractivity contribution in [1.29, 1.82) is 0 Å². The Labute approximate surface area is 121 Å². The van der Waals surface area contributed by atoms with Crippen molar-refractivity contribution in [3.05, 3.63) is 35.3 Å². The third-order valence-corrected chi connectivity index (χ3v) is 3.70. The van der Waals surface area contributed by atoms with Gasteiger partial charge in [0.05, 0.1) is 18.5 Å². The summed E-state index contributed by atoms with van der Waals surface area (Å²) < 4.78 is 21.1. The Morgan fingerprint density at radius 2 is 2.19 bits per heavy atom. The molecule has 1 saturated carbocycles. The molecule has 0 radical (unpaired) electrons. The topological polar surface area (TPSA) is 64.3 Å². The number of hydrogen-bond acceptors (Lipinski definition) is 3. The third-order valence-electron chi connectivity index (χ3n) is 3.70. The molecule has 1 aromatic carbocycles. The monoisotopic (exact) mass is 290 g/mol. The summed E-state index contributed by atoms with van der Waals surface area (Å²) in [6.45, 7) is 0. The molecule has 1 N–H and O–H groups in total. The Kier molecular flexibility index (Phi) is 3.16. The Morgan fingerprint density at radius 3 is 2.76 bits per heavy atom. The van der Waals surface area contributed by atoms with Crippen LogP contribution in [0.15, 0.2) is 18.2 Å². The van der Waals surface area contributed by atoms with Crippen LogP contribution < -0.4 is 4.74 Å². The van der Waals surface area contributed by atoms with E-state index in [9.17, 15) is 9.18 Å². The number of methoxy groups -OCH3 is 1. The number of halogens is 1. The molecule has 21 heavy (non-hydrogen) atoms. The summed E-state index contributed by atoms with van der Waals surface area (Å²) in [4.78, 5) is 11.1. The van der Waals surface area contributed by atoms with Gasteiger partial charge in [-0.2, -0.15) is 5.10 Å². The summed E-state index contributed by atoms with van der Waals surface area (Å²) in [6, 6.07) is 4.66. The molecule has 6 heteroatoms. The van der Waals surface area contributed by atoms with Gasteiger partial charge in [-0.1, -0.05) is 0 Å². The van der Waals surface area contributed by atoms with Crippen molar-refractivity contribution < 1.29 is 19.0 Å². The van der Waals surface area contributed by atoms with Crippen LogP contribution in [-0.2, 0) is 7.05 Å². The second kappa shape index (κ2) is 4.87. The van der Waals surface area contributed by atoms with E-state index in [1.54, 1.807) is 11.7 Å². The average Bonchev–Trinajstić information content (AvgIpc) is 3.22. The van der Waals surface area contributed by atoms with E-state index < -0.39 is 11.8 Å². The molecular formula is C15H15FN2O3. The maximum atomic E-state index is 14.6. The molecule has 5 nitrogen and oxygen atoms in total. The zero-order chi connectivity index (χ0) is 15.1. The van der Waals surface area contributed by atoms with Crippen LogP contribution in [-0.4, -0.2) is 28.0 Å². The van der Waals surface area contributed by atoms with Crippen molar-refractivity contribution in [1.82, 2.24) is 9.78 Å². The normalized spacial score (nSPS) is 14.2. The number of benzene rings is 1. The molecule has 1 aromatic heterocycles. The van der Waals surface area contributed by atoms with Crippen LogP contribution in [0.4, 0.5) is 4.39 Å². The molecule has 1 aliphatic carbocycles. The van der Waals surface area contributed by atoms with Crippen molar-refractivity contribution in [2.24, 2.45) is 7.05 Å². The molecule has 1 aliphatic rings. The van der Waals surface area contributed by atoms with E-state index in [2.05, 4.69) is 5.10 Å². The van der Waals surface area contributed by atoms with Gasteiger partial charge < -0.3 is 9.84 Å². The SMILES string of the molecule is COc1c(C(=O)O)ccc(-c2cc(C3CC3)nn2C)c1F. The number of aromatic carboxylic acids is 1. The third kappa shape index (κ3) is 2.26. The van der Waals surface area contributed by atoms with Gasteiger partial charge in [-0.15, -0.1) is 0 Å². The molecule has 2 aromatic rings. The first-order chi connectivity index (χ1) is 10.0. The van der Waals surface area contributed by atoms with E-state index in [1.165, 1.54) is 19.2 Å². The van der Waals surface area contributed by atoms with Crippen molar-refractivity contribution in [2.75, 3.05) is 7.11 Å². The Balaban J connectivity index is 2.12. The first kappa shape index (κ1) is 13.6. The molecule has 0 amide bonds. The zero-order valence-electron chi connectivity index (χ0n) is 11.8. The molecule has 3 rings (SSSR count). The summed E-state index contributed by atoms with van der Waals surface area (Å²) in [5.74, 6) is -1.69. The molecule has 110 valence electrons. The molecule has 0 bridgehead atoms. The van der Waals surface area contributed by atoms with E-state index in [-0.39, 0.29) is 11.3 Å². The van der Waals surface area contributed by atoms with E-state index in [0.717, 1.165) is 18.5 Å². The van der Waals surface area contributed by atoms with Gasteiger partial charge in [0, 0.05) is 18.5 Å². The van der Waals surface area contributed by atoms with Gasteiger partial charge in [-0.05, 0) is 31.0 Å². The van der Waals surface area contributed by atoms with Crippen molar-refractivity contribution >= 4 is 5.97 Å². The van der Waals surface area contributed by atoms with Crippen LogP contribution in [0.3, 0.4) is 0 Å². The predicted molar refractivity (Wildman–Crippen MR) is 74.1 cm³/mol. The van der Waals surface area contributed by atoms with Gasteiger partial charge >= 0.3 is 5.97 Å². The number of carboxylic acid groups (broad SMARTS) is 1. The first-order valence-electron chi connectivity index (χ1n) is 6.67. The van der Waals surface area contributed by atoms with Crippen LogP contribution in [0.1, 0.15) is 34.8 Å². The van der Waals surface area contributed by atoms with Gasteiger partial charge in [-0.3, -0.25) is 4.68 Å². The van der Waals surface area contributed by atoms with Crippen molar-refractivity contribution in [2.45, 2.75) is 18.8 Å². The van der Waals surface area contributed by atoms with Gasteiger partial charge in [0.1, 0.15) is 5.56 Å². The quantitative estimate of drug-likeness (QED) is 0.940. The largest absolute Gasteiger partial charge is 0.493 e. The minimum Gasteiger partial charge on any atom is -0.493 e. The highest BCUT2D eigenvalue weighted by atomic mass is 19.1. The Hall–Kier alpha value is -2.37. The van der Waals surface area contributed by atoms with Gasteiger partial charge in [0.2, 0.25) is 0 Å². The predicted octanol–water partition coefficient (Wildman–Crippen LogP) is 2.81. The Bertz CT molecular complexity index is 720. The zero-order valence-corrected chi connectivity index (χ0v) is 11.8. The second-order valence-corrected chi connectivity index (χ2v) is 5.17. The highest BCUT2D eigenvalue weighted by Gasteiger charge is 2.28. The van der Waals surface area contributed by atoms with Crippen molar-refractivity contribution in [3.63, 3.8) is 0 Å². The maximum Gasteiger partial charge on any atom is 0.339 e. The van der Waals surface area contributed by atoms with Gasteiger partial charge in [-0.25, -0.2) is 9.18 Å². The molecule has 0 unspecified atom stereocenters. The summed E-state index contributed by atoms with van der Waals surface area (Å²) in [5.41, 5.74) is 1.67. The van der Waals surface area contributed by atoms with E-state index in [0.29, 0.717) is 17.2 Å². The van der Waals surface area contributed by atoms with Gasteiger partial charge in [0.25, 0.3) is 0 Å². The number of carboxylic acids is 1. The van der Waals surface area contributed by atoms with Crippen molar-refractivity contribution in [3.8, 4) is 17.0 Å². The standard InChI is InChI=1S/C15H15FN2O3/c1-18-12(7-11(17-18)8-3-4-8)9-5-6-10(15(19)20)14(21-2)13(9)16/h5-8H,3-4H2,1-2H3,(H,19,20). The molecule has 0 saturated heterocycles. The van der Waals surface area contributed by atoms with Gasteiger partial charge in [0.15, 0.2) is 11.6 Å². The lowest BCUT2D eigenvalue weighted by Crippen LogP contribution is -2.04. The fourth-order valence-corrected chi connectivity index (χ4v) is 2.44. The smallest absolute Gasteiger partial charge is 0.339 e. The summed E-state index contributed by atoms with van der Waals surface area (Å²) >= 11 is 0. The van der Waals surface area contributed by atoms with Crippen LogP contribution in [0, 0.1) is 5.82 Å². The number of ether oxygens (including phenoxy) is 1. The number of aryl methyl sites for hydroxylation is 1. The van der Waals surface area contributed by atoms with Crippen LogP contribution >= 0.6 is 0 Å². The Morgan fingerprint density at radius 1 is 1.48 bits per heavy atom. The molecule has 1 heterocycles. The number of hydrogen-bond donors (Lipinski definition) is 1. The van der Waals surface area contributed by atoms with E-state index in [4.69, 9.17) is 9.84 Å². The van der Waals surface area contributed by atoms with Crippen LogP contribution in [0.5, 0.6) is 5.75 Å². The molecule has 1 fully saturated rings. The van der Waals surface area contributed by atoms with Crippen LogP contribution in [0.25, 0.3) is 11.3 Å². The van der Waals surface area contributed by atoms with E-state index >= 15 is 0 Å².